The van der Waals surface area contributed by atoms with Crippen molar-refractivity contribution in [2.45, 2.75) is 5.33 Å². The summed E-state index contributed by atoms with van der Waals surface area (Å²) in [6.45, 7) is 0. The second-order valence-corrected chi connectivity index (χ2v) is 3.77. The minimum atomic E-state index is 0.885. The molecule has 0 saturated carbocycles. The van der Waals surface area contributed by atoms with Crippen molar-refractivity contribution in [1.82, 2.24) is 9.97 Å². The first-order valence-corrected chi connectivity index (χ1v) is 5.09. The molecule has 0 atom stereocenters. The lowest BCUT2D eigenvalue weighted by molar-refractivity contribution is 1.31. The van der Waals surface area contributed by atoms with E-state index in [9.17, 15) is 0 Å². The number of fused-ring (bicyclic) bond motifs is 1. The van der Waals surface area contributed by atoms with Crippen LogP contribution in [0.5, 0.6) is 0 Å². The number of halogens is 1. The molecule has 0 amide bonds. The Morgan fingerprint density at radius 1 is 1.36 bits per heavy atom. The molecule has 4 heteroatoms. The van der Waals surface area contributed by atoms with Gasteiger partial charge >= 0.3 is 0 Å². The van der Waals surface area contributed by atoms with E-state index in [0.29, 0.717) is 0 Å². The maximum atomic E-state index is 4.19. The number of nitrogens with zero attached hydrogens (tertiary/aromatic N) is 2. The first-order valence-electron chi connectivity index (χ1n) is 3.15. The van der Waals surface area contributed by atoms with Gasteiger partial charge in [0.05, 0.1) is 0 Å². The summed E-state index contributed by atoms with van der Waals surface area (Å²) in [5.74, 6) is 0. The van der Waals surface area contributed by atoms with Crippen molar-refractivity contribution < 1.29 is 0 Å². The number of alkyl halides is 1. The normalized spacial score (nSPS) is 10.6. The monoisotopic (exact) mass is 228 g/mol. The smallest absolute Gasteiger partial charge is 0.142 e. The molecule has 0 aliphatic carbocycles. The lowest BCUT2D eigenvalue weighted by Gasteiger charge is -1.81. The van der Waals surface area contributed by atoms with Crippen LogP contribution in [0.15, 0.2) is 18.5 Å². The summed E-state index contributed by atoms with van der Waals surface area (Å²) < 4.78 is 0. The molecular formula is C7H5BrN2S. The molecule has 0 saturated heterocycles. The average molecular weight is 229 g/mol. The van der Waals surface area contributed by atoms with Gasteiger partial charge in [0.2, 0.25) is 0 Å². The number of hydrogen-bond acceptors (Lipinski definition) is 3. The Bertz CT molecular complexity index is 338. The molecule has 0 aliphatic rings. The van der Waals surface area contributed by atoms with Gasteiger partial charge in [0.25, 0.3) is 0 Å². The van der Waals surface area contributed by atoms with E-state index in [4.69, 9.17) is 0 Å². The van der Waals surface area contributed by atoms with Crippen molar-refractivity contribution in [2.24, 2.45) is 0 Å². The molecule has 2 heterocycles. The number of thiophene rings is 1. The van der Waals surface area contributed by atoms with Crippen LogP contribution in [0.3, 0.4) is 0 Å². The highest BCUT2D eigenvalue weighted by Crippen LogP contribution is 2.22. The zero-order chi connectivity index (χ0) is 7.68. The van der Waals surface area contributed by atoms with E-state index in [0.717, 1.165) is 15.7 Å². The molecular weight excluding hydrogens is 224 g/mol. The molecule has 2 nitrogen and oxygen atoms in total. The fourth-order valence-electron chi connectivity index (χ4n) is 0.886. The summed E-state index contributed by atoms with van der Waals surface area (Å²) in [4.78, 5) is 10.6. The number of aromatic nitrogens is 2. The first-order chi connectivity index (χ1) is 5.40. The molecule has 0 unspecified atom stereocenters. The van der Waals surface area contributed by atoms with Crippen LogP contribution in [0, 0.1) is 0 Å². The van der Waals surface area contributed by atoms with Gasteiger partial charge in [-0.25, -0.2) is 4.98 Å². The molecule has 0 aliphatic heterocycles. The van der Waals surface area contributed by atoms with Crippen LogP contribution in [-0.2, 0) is 5.33 Å². The quantitative estimate of drug-likeness (QED) is 0.702. The van der Waals surface area contributed by atoms with Gasteiger partial charge in [-0.2, -0.15) is 0 Å². The highest BCUT2D eigenvalue weighted by atomic mass is 79.9. The maximum Gasteiger partial charge on any atom is 0.142 e. The minimum Gasteiger partial charge on any atom is -0.252 e. The van der Waals surface area contributed by atoms with Crippen LogP contribution >= 0.6 is 27.3 Å². The first kappa shape index (κ1) is 7.18. The summed E-state index contributed by atoms with van der Waals surface area (Å²) in [6.07, 6.45) is 3.43. The zero-order valence-electron chi connectivity index (χ0n) is 5.62. The highest BCUT2D eigenvalue weighted by Gasteiger charge is 2.00. The Labute approximate surface area is 76.4 Å². The van der Waals surface area contributed by atoms with Crippen LogP contribution in [0.2, 0.25) is 0 Å². The van der Waals surface area contributed by atoms with Crippen LogP contribution in [0.4, 0.5) is 0 Å². The van der Waals surface area contributed by atoms with Gasteiger partial charge in [0.1, 0.15) is 10.3 Å². The zero-order valence-corrected chi connectivity index (χ0v) is 8.02. The van der Waals surface area contributed by atoms with E-state index in [1.54, 1.807) is 23.7 Å². The lowest BCUT2D eigenvalue weighted by Crippen LogP contribution is -1.72. The van der Waals surface area contributed by atoms with Crippen LogP contribution in [0.25, 0.3) is 10.3 Å². The van der Waals surface area contributed by atoms with Crippen molar-refractivity contribution in [1.29, 1.82) is 0 Å². The third kappa shape index (κ3) is 1.28. The Kier molecular flexibility index (Phi) is 1.87. The summed E-state index contributed by atoms with van der Waals surface area (Å²) in [5, 5.41) is 0.885. The van der Waals surface area contributed by atoms with Crippen molar-refractivity contribution in [3.05, 3.63) is 23.3 Å². The van der Waals surface area contributed by atoms with E-state index in [2.05, 4.69) is 32.0 Å². The number of rotatable bonds is 1. The van der Waals surface area contributed by atoms with E-state index < -0.39 is 0 Å². The lowest BCUT2D eigenvalue weighted by atomic mass is 10.5. The fourth-order valence-corrected chi connectivity index (χ4v) is 2.19. The topological polar surface area (TPSA) is 25.8 Å². The van der Waals surface area contributed by atoms with Crippen LogP contribution < -0.4 is 0 Å². The minimum absolute atomic E-state index is 0.885. The predicted molar refractivity (Wildman–Crippen MR) is 50.0 cm³/mol. The molecule has 2 aromatic rings. The van der Waals surface area contributed by atoms with Crippen LogP contribution in [0.1, 0.15) is 4.88 Å². The molecule has 2 rings (SSSR count). The molecule has 0 aromatic carbocycles. The summed E-state index contributed by atoms with van der Waals surface area (Å²) in [7, 11) is 0. The SMILES string of the molecule is BrCc1cc2nccnc2s1. The third-order valence-electron chi connectivity index (χ3n) is 1.35. The molecule has 0 radical (unpaired) electrons. The maximum absolute atomic E-state index is 4.19. The number of hydrogen-bond donors (Lipinski definition) is 0. The molecule has 0 N–H and O–H groups in total. The van der Waals surface area contributed by atoms with Gasteiger partial charge in [0.15, 0.2) is 0 Å². The third-order valence-corrected chi connectivity index (χ3v) is 3.36. The Hall–Kier alpha value is -0.480. The molecule has 56 valence electrons. The van der Waals surface area contributed by atoms with Gasteiger partial charge in [-0.1, -0.05) is 15.9 Å². The van der Waals surface area contributed by atoms with E-state index in [1.165, 1.54) is 4.88 Å². The van der Waals surface area contributed by atoms with Gasteiger partial charge in [-0.15, -0.1) is 11.3 Å². The van der Waals surface area contributed by atoms with Gasteiger partial charge in [0, 0.05) is 22.6 Å². The second-order valence-electron chi connectivity index (χ2n) is 2.09. The van der Waals surface area contributed by atoms with Crippen molar-refractivity contribution >= 4 is 37.6 Å². The van der Waals surface area contributed by atoms with Gasteiger partial charge < -0.3 is 0 Å². The van der Waals surface area contributed by atoms with Crippen LogP contribution in [-0.4, -0.2) is 9.97 Å². The van der Waals surface area contributed by atoms with Crippen molar-refractivity contribution in [2.75, 3.05) is 0 Å². The highest BCUT2D eigenvalue weighted by molar-refractivity contribution is 9.08. The van der Waals surface area contributed by atoms with Crippen molar-refractivity contribution in [3.8, 4) is 0 Å². The Morgan fingerprint density at radius 3 is 2.91 bits per heavy atom. The average Bonchev–Trinajstić information content (AvgIpc) is 2.46. The van der Waals surface area contributed by atoms with E-state index >= 15 is 0 Å². The summed E-state index contributed by atoms with van der Waals surface area (Å²) >= 11 is 5.07. The van der Waals surface area contributed by atoms with E-state index in [1.807, 2.05) is 0 Å². The Balaban J connectivity index is 2.69. The molecule has 0 fully saturated rings. The molecule has 0 spiro atoms. The summed E-state index contributed by atoms with van der Waals surface area (Å²) in [6, 6.07) is 2.06. The largest absolute Gasteiger partial charge is 0.252 e. The molecule has 0 bridgehead atoms. The second kappa shape index (κ2) is 2.87. The van der Waals surface area contributed by atoms with Gasteiger partial charge in [-0.05, 0) is 6.07 Å². The van der Waals surface area contributed by atoms with E-state index in [-0.39, 0.29) is 0 Å². The molecule has 11 heavy (non-hydrogen) atoms. The molecule has 2 aromatic heterocycles. The fraction of sp³-hybridized carbons (Fsp3) is 0.143. The standard InChI is InChI=1S/C7H5BrN2S/c8-4-5-3-6-7(11-5)10-2-1-9-6/h1-3H,4H2. The predicted octanol–water partition coefficient (Wildman–Crippen LogP) is 2.59. The van der Waals surface area contributed by atoms with Gasteiger partial charge in [-0.3, -0.25) is 4.98 Å². The van der Waals surface area contributed by atoms with Crippen molar-refractivity contribution in [3.63, 3.8) is 0 Å². The summed E-state index contributed by atoms with van der Waals surface area (Å²) in [5.41, 5.74) is 0.993. The Morgan fingerprint density at radius 2 is 2.18 bits per heavy atom.